The molecular weight excluding hydrogens is 363 g/mol. The van der Waals surface area contributed by atoms with Crippen molar-refractivity contribution in [3.8, 4) is 5.75 Å². The van der Waals surface area contributed by atoms with Crippen LogP contribution in [0.3, 0.4) is 0 Å². The minimum atomic E-state index is -0.281. The monoisotopic (exact) mass is 372 g/mol. The molecular formula is C14H11Br2FO. The third kappa shape index (κ3) is 3.82. The van der Waals surface area contributed by atoms with Crippen molar-refractivity contribution in [1.82, 2.24) is 0 Å². The second-order valence-corrected chi connectivity index (χ2v) is 5.32. The molecule has 0 N–H and O–H groups in total. The third-order valence-electron chi connectivity index (χ3n) is 2.38. The van der Waals surface area contributed by atoms with Gasteiger partial charge >= 0.3 is 0 Å². The molecule has 0 radical (unpaired) electrons. The highest BCUT2D eigenvalue weighted by Crippen LogP contribution is 2.20. The molecule has 0 spiro atoms. The number of hydrogen-bond acceptors (Lipinski definition) is 1. The Morgan fingerprint density at radius 3 is 2.61 bits per heavy atom. The Kier molecular flexibility index (Phi) is 4.78. The smallest absolute Gasteiger partial charge is 0.127 e. The maximum atomic E-state index is 13.3. The van der Waals surface area contributed by atoms with E-state index in [2.05, 4.69) is 31.9 Å². The van der Waals surface area contributed by atoms with Crippen LogP contribution in [0.2, 0.25) is 0 Å². The van der Waals surface area contributed by atoms with Gasteiger partial charge in [-0.3, -0.25) is 0 Å². The van der Waals surface area contributed by atoms with Gasteiger partial charge in [-0.1, -0.05) is 44.0 Å². The summed E-state index contributed by atoms with van der Waals surface area (Å²) in [5.74, 6) is 0.264. The third-order valence-corrected chi connectivity index (χ3v) is 3.52. The van der Waals surface area contributed by atoms with E-state index in [9.17, 15) is 4.39 Å². The van der Waals surface area contributed by atoms with Gasteiger partial charge < -0.3 is 4.74 Å². The zero-order valence-corrected chi connectivity index (χ0v) is 12.7. The first-order chi connectivity index (χ1) is 8.67. The van der Waals surface area contributed by atoms with Gasteiger partial charge in [-0.25, -0.2) is 4.39 Å². The summed E-state index contributed by atoms with van der Waals surface area (Å²) in [5, 5.41) is 0.609. The van der Waals surface area contributed by atoms with Crippen LogP contribution >= 0.6 is 31.9 Å². The summed E-state index contributed by atoms with van der Waals surface area (Å²) in [6.07, 6.45) is 0. The lowest BCUT2D eigenvalue weighted by Gasteiger charge is -2.08. The van der Waals surface area contributed by atoms with Gasteiger partial charge in [-0.05, 0) is 35.4 Å². The molecule has 0 fully saturated rings. The lowest BCUT2D eigenvalue weighted by molar-refractivity contribution is 0.304. The molecule has 0 aliphatic carbocycles. The summed E-state index contributed by atoms with van der Waals surface area (Å²) in [6.45, 7) is 0.421. The van der Waals surface area contributed by atoms with Crippen molar-refractivity contribution in [1.29, 1.82) is 0 Å². The normalized spacial score (nSPS) is 10.4. The highest BCUT2D eigenvalue weighted by Gasteiger charge is 2.02. The molecule has 0 saturated carbocycles. The average Bonchev–Trinajstić information content (AvgIpc) is 2.36. The molecule has 0 saturated heterocycles. The van der Waals surface area contributed by atoms with Crippen LogP contribution in [0.15, 0.2) is 46.9 Å². The summed E-state index contributed by atoms with van der Waals surface area (Å²) >= 11 is 6.70. The second kappa shape index (κ2) is 6.34. The van der Waals surface area contributed by atoms with Crippen LogP contribution in [-0.4, -0.2) is 0 Å². The lowest BCUT2D eigenvalue weighted by Crippen LogP contribution is -1.96. The van der Waals surface area contributed by atoms with E-state index in [1.165, 1.54) is 12.1 Å². The zero-order valence-electron chi connectivity index (χ0n) is 9.50. The van der Waals surface area contributed by atoms with Gasteiger partial charge in [-0.2, -0.15) is 0 Å². The summed E-state index contributed by atoms with van der Waals surface area (Å²) in [5.41, 5.74) is 1.90. The molecule has 94 valence electrons. The van der Waals surface area contributed by atoms with Gasteiger partial charge in [0.25, 0.3) is 0 Å². The lowest BCUT2D eigenvalue weighted by atomic mass is 10.2. The van der Waals surface area contributed by atoms with Gasteiger partial charge in [0.15, 0.2) is 0 Å². The van der Waals surface area contributed by atoms with E-state index in [-0.39, 0.29) is 5.82 Å². The standard InChI is InChI=1S/C14H11Br2FO/c15-8-11-5-13(17)7-14(6-11)18-9-10-2-1-3-12(16)4-10/h1-7H,8-9H2. The summed E-state index contributed by atoms with van der Waals surface area (Å²) in [7, 11) is 0. The quantitative estimate of drug-likeness (QED) is 0.680. The number of rotatable bonds is 4. The molecule has 0 aliphatic rings. The van der Waals surface area contributed by atoms with E-state index >= 15 is 0 Å². The molecule has 18 heavy (non-hydrogen) atoms. The first-order valence-electron chi connectivity index (χ1n) is 5.40. The summed E-state index contributed by atoms with van der Waals surface area (Å²) in [6, 6.07) is 12.5. The van der Waals surface area contributed by atoms with Crippen LogP contribution in [0.25, 0.3) is 0 Å². The highest BCUT2D eigenvalue weighted by atomic mass is 79.9. The van der Waals surface area contributed by atoms with Crippen LogP contribution in [0.4, 0.5) is 4.39 Å². The molecule has 0 bridgehead atoms. The second-order valence-electron chi connectivity index (χ2n) is 3.85. The van der Waals surface area contributed by atoms with Crippen molar-refractivity contribution in [2.75, 3.05) is 0 Å². The van der Waals surface area contributed by atoms with Crippen molar-refractivity contribution in [3.63, 3.8) is 0 Å². The van der Waals surface area contributed by atoms with Gasteiger partial charge in [-0.15, -0.1) is 0 Å². The number of hydrogen-bond donors (Lipinski definition) is 0. The molecule has 2 aromatic rings. The molecule has 0 aromatic heterocycles. The van der Waals surface area contributed by atoms with E-state index in [4.69, 9.17) is 4.74 Å². The number of alkyl halides is 1. The highest BCUT2D eigenvalue weighted by molar-refractivity contribution is 9.10. The molecule has 0 atom stereocenters. The van der Waals surface area contributed by atoms with Crippen LogP contribution in [0.1, 0.15) is 11.1 Å². The maximum absolute atomic E-state index is 13.3. The van der Waals surface area contributed by atoms with Gasteiger partial charge in [0, 0.05) is 15.9 Å². The van der Waals surface area contributed by atoms with E-state index < -0.39 is 0 Å². The van der Waals surface area contributed by atoms with E-state index in [1.54, 1.807) is 0 Å². The largest absolute Gasteiger partial charge is 0.489 e. The molecule has 2 aromatic carbocycles. The summed E-state index contributed by atoms with van der Waals surface area (Å²) in [4.78, 5) is 0. The van der Waals surface area contributed by atoms with Gasteiger partial charge in [0.05, 0.1) is 0 Å². The van der Waals surface area contributed by atoms with Crippen LogP contribution in [0, 0.1) is 5.82 Å². The van der Waals surface area contributed by atoms with Crippen LogP contribution in [-0.2, 0) is 11.9 Å². The van der Waals surface area contributed by atoms with Gasteiger partial charge in [0.1, 0.15) is 18.2 Å². The van der Waals surface area contributed by atoms with Gasteiger partial charge in [0.2, 0.25) is 0 Å². The molecule has 1 nitrogen and oxygen atoms in total. The zero-order chi connectivity index (χ0) is 13.0. The van der Waals surface area contributed by atoms with Crippen LogP contribution in [0.5, 0.6) is 5.75 Å². The maximum Gasteiger partial charge on any atom is 0.127 e. The minimum absolute atomic E-state index is 0.281. The molecule has 4 heteroatoms. The predicted octanol–water partition coefficient (Wildman–Crippen LogP) is 5.06. The van der Waals surface area contributed by atoms with Crippen molar-refractivity contribution in [2.24, 2.45) is 0 Å². The molecule has 0 aliphatic heterocycles. The van der Waals surface area contributed by atoms with E-state index in [0.717, 1.165) is 15.6 Å². The number of benzene rings is 2. The minimum Gasteiger partial charge on any atom is -0.489 e. The fourth-order valence-electron chi connectivity index (χ4n) is 1.57. The number of ether oxygens (including phenoxy) is 1. The fourth-order valence-corrected chi connectivity index (χ4v) is 2.35. The molecule has 0 unspecified atom stereocenters. The van der Waals surface area contributed by atoms with Crippen molar-refractivity contribution in [2.45, 2.75) is 11.9 Å². The fraction of sp³-hybridized carbons (Fsp3) is 0.143. The molecule has 0 heterocycles. The van der Waals surface area contributed by atoms with Crippen molar-refractivity contribution >= 4 is 31.9 Å². The SMILES string of the molecule is Fc1cc(CBr)cc(OCc2cccc(Br)c2)c1. The Labute approximate surface area is 122 Å². The predicted molar refractivity (Wildman–Crippen MR) is 77.5 cm³/mol. The van der Waals surface area contributed by atoms with E-state index in [0.29, 0.717) is 17.7 Å². The van der Waals surface area contributed by atoms with E-state index in [1.807, 2.05) is 30.3 Å². The molecule has 2 rings (SSSR count). The Morgan fingerprint density at radius 2 is 1.89 bits per heavy atom. The van der Waals surface area contributed by atoms with Crippen molar-refractivity contribution in [3.05, 3.63) is 63.9 Å². The van der Waals surface area contributed by atoms with Crippen LogP contribution < -0.4 is 4.74 Å². The number of halogens is 3. The Hall–Kier alpha value is -0.870. The Morgan fingerprint density at radius 1 is 1.06 bits per heavy atom. The molecule has 0 amide bonds. The topological polar surface area (TPSA) is 9.23 Å². The van der Waals surface area contributed by atoms with Crippen molar-refractivity contribution < 1.29 is 9.13 Å². The summed E-state index contributed by atoms with van der Waals surface area (Å²) < 4.78 is 19.9. The average molecular weight is 374 g/mol. The Bertz CT molecular complexity index is 543. The first kappa shape index (κ1) is 13.6. The Balaban J connectivity index is 2.08. The first-order valence-corrected chi connectivity index (χ1v) is 7.31.